The van der Waals surface area contributed by atoms with Crippen molar-refractivity contribution in [2.24, 2.45) is 10.5 Å². The van der Waals surface area contributed by atoms with Gasteiger partial charge < -0.3 is 10.2 Å². The van der Waals surface area contributed by atoms with Gasteiger partial charge in [-0.15, -0.1) is 0 Å². The van der Waals surface area contributed by atoms with Gasteiger partial charge in [0.2, 0.25) is 5.69 Å². The minimum absolute atomic E-state index is 0.0778. The molecular formula is C32H44N3O10S2+. The Morgan fingerprint density at radius 3 is 2.23 bits per heavy atom. The summed E-state index contributed by atoms with van der Waals surface area (Å²) in [6, 6.07) is 4.49. The molecule has 0 bridgehead atoms. The zero-order valence-corrected chi connectivity index (χ0v) is 28.7. The predicted molar refractivity (Wildman–Crippen MR) is 177 cm³/mol. The van der Waals surface area contributed by atoms with Gasteiger partial charge in [0.15, 0.2) is 5.71 Å². The van der Waals surface area contributed by atoms with Crippen LogP contribution >= 0.6 is 0 Å². The highest BCUT2D eigenvalue weighted by Crippen LogP contribution is 2.43. The van der Waals surface area contributed by atoms with E-state index in [0.717, 1.165) is 17.0 Å². The molecule has 2 aliphatic heterocycles. The molecule has 1 unspecified atom stereocenters. The van der Waals surface area contributed by atoms with Gasteiger partial charge in [-0.3, -0.25) is 23.7 Å². The molecule has 0 fully saturated rings. The number of nitrogens with zero attached hydrogens (tertiary/aromatic N) is 3. The van der Waals surface area contributed by atoms with E-state index in [2.05, 4.69) is 9.68 Å². The lowest BCUT2D eigenvalue weighted by molar-refractivity contribution is -0.438. The zero-order valence-electron chi connectivity index (χ0n) is 27.1. The van der Waals surface area contributed by atoms with E-state index in [9.17, 15) is 40.6 Å². The summed E-state index contributed by atoms with van der Waals surface area (Å²) in [6.07, 6.45) is 11.5. The Morgan fingerprint density at radius 1 is 0.936 bits per heavy atom. The number of carboxylic acids is 2. The van der Waals surface area contributed by atoms with Crippen LogP contribution in [-0.4, -0.2) is 87.9 Å². The van der Waals surface area contributed by atoms with Crippen LogP contribution in [0.25, 0.3) is 0 Å². The predicted octanol–water partition coefficient (Wildman–Crippen LogP) is 4.79. The smallest absolute Gasteiger partial charge is 0.305 e. The van der Waals surface area contributed by atoms with E-state index in [-0.39, 0.29) is 30.7 Å². The van der Waals surface area contributed by atoms with Crippen molar-refractivity contribution in [1.29, 1.82) is 0 Å². The van der Waals surface area contributed by atoms with Crippen LogP contribution in [0.5, 0.6) is 0 Å². The van der Waals surface area contributed by atoms with Crippen LogP contribution in [0.15, 0.2) is 64.3 Å². The standard InChI is InChI=1S/C32H43N3O10S2/c1-23-32(4,18-11-21-46(40,41)42)28(35(33-23)20-17-30(38)39)13-8-5-7-12-27-31(2,3)25-22-24(47(43,44)45)15-16-26(25)34(27)19-10-6-9-14-29(36)37/h5,7-8,12-13,15-16,22H,6,9-11,14,17-21H2,1-4H3,(H3-,36,37,38,39,40,41,42,43,44,45)/p+1. The fourth-order valence-electron chi connectivity index (χ4n) is 6.01. The first-order chi connectivity index (χ1) is 21.8. The maximum Gasteiger partial charge on any atom is 0.305 e. The lowest BCUT2D eigenvalue weighted by atomic mass is 9.78. The van der Waals surface area contributed by atoms with Crippen molar-refractivity contribution >= 4 is 49.3 Å². The van der Waals surface area contributed by atoms with Gasteiger partial charge in [-0.25, -0.2) is 0 Å². The lowest BCUT2D eigenvalue weighted by Gasteiger charge is -2.29. The molecule has 258 valence electrons. The summed E-state index contributed by atoms with van der Waals surface area (Å²) in [6.45, 7) is 8.28. The van der Waals surface area contributed by atoms with Gasteiger partial charge >= 0.3 is 11.9 Å². The molecular weight excluding hydrogens is 650 g/mol. The SMILES string of the molecule is CC1=NN(CCC(=O)O)/C(=C/C=C/C=C/C2=[N+](CCCCCC(=O)O)c3ccc(S(=O)(=O)O)cc3C2(C)C)C1(C)CCCS(=O)(=O)O. The summed E-state index contributed by atoms with van der Waals surface area (Å²) >= 11 is 0. The Bertz CT molecular complexity index is 1760. The number of unbranched alkanes of at least 4 members (excludes halogenated alkanes) is 2. The molecule has 0 spiro atoms. The van der Waals surface area contributed by atoms with E-state index in [4.69, 9.17) is 5.11 Å². The highest BCUT2D eigenvalue weighted by molar-refractivity contribution is 7.86. The second kappa shape index (κ2) is 15.0. The third-order valence-corrected chi connectivity index (χ3v) is 10.3. The molecule has 0 aliphatic carbocycles. The van der Waals surface area contributed by atoms with Crippen LogP contribution in [0.1, 0.15) is 78.2 Å². The molecule has 0 saturated heterocycles. The summed E-state index contributed by atoms with van der Waals surface area (Å²) in [5.41, 5.74) is 2.43. The largest absolute Gasteiger partial charge is 0.481 e. The number of benzene rings is 1. The summed E-state index contributed by atoms with van der Waals surface area (Å²) in [7, 11) is -8.57. The van der Waals surface area contributed by atoms with Gasteiger partial charge in [-0.05, 0) is 71.6 Å². The Labute approximate surface area is 276 Å². The van der Waals surface area contributed by atoms with E-state index >= 15 is 0 Å². The molecule has 15 heteroatoms. The summed E-state index contributed by atoms with van der Waals surface area (Å²) in [4.78, 5) is 22.0. The molecule has 0 amide bonds. The Morgan fingerprint density at radius 2 is 1.62 bits per heavy atom. The number of carboxylic acid groups (broad SMARTS) is 2. The van der Waals surface area contributed by atoms with E-state index in [1.54, 1.807) is 36.2 Å². The molecule has 3 rings (SSSR count). The highest BCUT2D eigenvalue weighted by Gasteiger charge is 2.45. The second-order valence-electron chi connectivity index (χ2n) is 12.5. The summed E-state index contributed by atoms with van der Waals surface area (Å²) in [5.74, 6) is -2.24. The van der Waals surface area contributed by atoms with E-state index in [1.807, 2.05) is 32.9 Å². The van der Waals surface area contributed by atoms with Gasteiger partial charge in [0.25, 0.3) is 20.2 Å². The van der Waals surface area contributed by atoms with Crippen molar-refractivity contribution in [3.8, 4) is 0 Å². The van der Waals surface area contributed by atoms with Gasteiger partial charge in [0, 0.05) is 47.4 Å². The monoisotopic (exact) mass is 694 g/mol. The van der Waals surface area contributed by atoms with E-state index in [0.29, 0.717) is 43.6 Å². The van der Waals surface area contributed by atoms with Crippen molar-refractivity contribution in [2.45, 2.75) is 83.0 Å². The summed E-state index contributed by atoms with van der Waals surface area (Å²) < 4.78 is 67.4. The number of carbonyl (C=O) groups is 2. The first-order valence-corrected chi connectivity index (χ1v) is 18.4. The van der Waals surface area contributed by atoms with Crippen LogP contribution < -0.4 is 0 Å². The second-order valence-corrected chi connectivity index (χ2v) is 15.5. The van der Waals surface area contributed by atoms with Crippen LogP contribution in [0.3, 0.4) is 0 Å². The molecule has 0 radical (unpaired) electrons. The minimum Gasteiger partial charge on any atom is -0.481 e. The molecule has 1 aromatic carbocycles. The molecule has 13 nitrogen and oxygen atoms in total. The van der Waals surface area contributed by atoms with Crippen LogP contribution in [-0.2, 0) is 35.2 Å². The fraction of sp³-hybridized carbons (Fsp3) is 0.500. The maximum atomic E-state index is 11.9. The van der Waals surface area contributed by atoms with Crippen molar-refractivity contribution in [2.75, 3.05) is 18.8 Å². The Kier molecular flexibility index (Phi) is 12.1. The van der Waals surface area contributed by atoms with E-state index in [1.165, 1.54) is 12.1 Å². The normalized spacial score (nSPS) is 20.5. The van der Waals surface area contributed by atoms with Gasteiger partial charge in [0.05, 0.1) is 29.0 Å². The van der Waals surface area contributed by atoms with E-state index < -0.39 is 48.8 Å². The number of hydrazone groups is 1. The third kappa shape index (κ3) is 9.69. The first kappa shape index (κ1) is 37.8. The minimum atomic E-state index is -4.42. The average molecular weight is 695 g/mol. The number of aliphatic carboxylic acids is 2. The molecule has 0 saturated carbocycles. The molecule has 1 atom stereocenters. The van der Waals surface area contributed by atoms with Crippen LogP contribution in [0, 0.1) is 5.41 Å². The number of allylic oxidation sites excluding steroid dienone is 6. The van der Waals surface area contributed by atoms with Crippen LogP contribution in [0.4, 0.5) is 5.69 Å². The lowest BCUT2D eigenvalue weighted by Crippen LogP contribution is -2.29. The quantitative estimate of drug-likeness (QED) is 0.0756. The van der Waals surface area contributed by atoms with Gasteiger partial charge in [0.1, 0.15) is 6.54 Å². The van der Waals surface area contributed by atoms with Crippen molar-refractivity contribution < 1.29 is 50.3 Å². The molecule has 0 aromatic heterocycles. The number of fused-ring (bicyclic) bond motifs is 1. The summed E-state index contributed by atoms with van der Waals surface area (Å²) in [5, 5.41) is 24.4. The average Bonchev–Trinajstić information content (AvgIpc) is 3.31. The molecule has 2 heterocycles. The number of hydrogen-bond donors (Lipinski definition) is 4. The van der Waals surface area contributed by atoms with Crippen molar-refractivity contribution in [3.63, 3.8) is 0 Å². The third-order valence-electron chi connectivity index (χ3n) is 8.69. The van der Waals surface area contributed by atoms with Crippen LogP contribution in [0.2, 0.25) is 0 Å². The number of rotatable bonds is 17. The molecule has 2 aliphatic rings. The van der Waals surface area contributed by atoms with Crippen molar-refractivity contribution in [1.82, 2.24) is 5.01 Å². The maximum absolute atomic E-state index is 11.9. The number of hydrogen-bond acceptors (Lipinski definition) is 8. The Balaban J connectivity index is 1.93. The molecule has 47 heavy (non-hydrogen) atoms. The first-order valence-electron chi connectivity index (χ1n) is 15.3. The molecule has 4 N–H and O–H groups in total. The van der Waals surface area contributed by atoms with Crippen molar-refractivity contribution in [3.05, 3.63) is 59.8 Å². The van der Waals surface area contributed by atoms with Gasteiger partial charge in [-0.2, -0.15) is 26.5 Å². The fourth-order valence-corrected chi connectivity index (χ4v) is 7.03. The molecule has 1 aromatic rings. The van der Waals surface area contributed by atoms with Gasteiger partial charge in [-0.1, -0.05) is 18.2 Å². The topological polar surface area (TPSA) is 202 Å². The zero-order chi connectivity index (χ0) is 35.2. The Hall–Kier alpha value is -3.66. The highest BCUT2D eigenvalue weighted by atomic mass is 32.2.